The number of nitrogens with zero attached hydrogens (tertiary/aromatic N) is 3. The number of aryl methyl sites for hydroxylation is 1. The Morgan fingerprint density at radius 1 is 1.26 bits per heavy atom. The molecule has 1 saturated heterocycles. The fourth-order valence-electron chi connectivity index (χ4n) is 5.59. The highest BCUT2D eigenvalue weighted by atomic mass is 35.5. The number of likely N-dealkylation sites (N-methyl/N-ethyl adjacent to an activating group) is 1. The van der Waals surface area contributed by atoms with Crippen molar-refractivity contribution < 1.29 is 14.3 Å². The summed E-state index contributed by atoms with van der Waals surface area (Å²) in [5.41, 5.74) is 3.95. The first kappa shape index (κ1) is 21.8. The van der Waals surface area contributed by atoms with Crippen LogP contribution in [0, 0.1) is 5.92 Å². The molecule has 0 radical (unpaired) electrons. The van der Waals surface area contributed by atoms with Gasteiger partial charge in [-0.25, -0.2) is 4.79 Å². The zero-order chi connectivity index (χ0) is 20.9. The van der Waals surface area contributed by atoms with Crippen LogP contribution < -0.4 is 0 Å². The molecule has 2 aliphatic rings. The predicted octanol–water partition coefficient (Wildman–Crippen LogP) is 3.57. The van der Waals surface area contributed by atoms with Crippen LogP contribution in [0.1, 0.15) is 27.9 Å². The number of fused-ring (bicyclic) bond motifs is 2. The maximum absolute atomic E-state index is 12.4. The van der Waals surface area contributed by atoms with Gasteiger partial charge in [0.2, 0.25) is 0 Å². The highest BCUT2D eigenvalue weighted by Crippen LogP contribution is 2.49. The number of hydrogen-bond acceptors (Lipinski definition) is 5. The average Bonchev–Trinajstić information content (AvgIpc) is 3.10. The molecular formula is C24H28ClN3O3. The number of carbonyl (C=O) groups is 1. The van der Waals surface area contributed by atoms with Gasteiger partial charge in [0.05, 0.1) is 12.2 Å². The number of ether oxygens (including phenoxy) is 2. The summed E-state index contributed by atoms with van der Waals surface area (Å²) in [7, 11) is 6.08. The number of benzene rings is 1. The molecule has 31 heavy (non-hydrogen) atoms. The van der Waals surface area contributed by atoms with Gasteiger partial charge in [-0.05, 0) is 49.2 Å². The number of hydrogen-bond donors (Lipinski definition) is 0. The van der Waals surface area contributed by atoms with Crippen molar-refractivity contribution in [2.45, 2.75) is 24.5 Å². The molecule has 1 unspecified atom stereocenters. The second-order valence-electron chi connectivity index (χ2n) is 8.63. The Labute approximate surface area is 188 Å². The van der Waals surface area contributed by atoms with Gasteiger partial charge in [-0.2, -0.15) is 0 Å². The summed E-state index contributed by atoms with van der Waals surface area (Å²) < 4.78 is 14.2. The number of rotatable bonds is 4. The van der Waals surface area contributed by atoms with E-state index in [1.807, 2.05) is 7.11 Å². The van der Waals surface area contributed by atoms with Gasteiger partial charge >= 0.3 is 5.97 Å². The minimum Gasteiger partial charge on any atom is -0.462 e. The summed E-state index contributed by atoms with van der Waals surface area (Å²) in [4.78, 5) is 18.8. The fraction of sp³-hybridized carbons (Fsp3) is 0.417. The van der Waals surface area contributed by atoms with Gasteiger partial charge in [0.15, 0.2) is 0 Å². The highest BCUT2D eigenvalue weighted by molar-refractivity contribution is 5.90. The monoisotopic (exact) mass is 441 g/mol. The number of likely N-dealkylation sites (tertiary alicyclic amines) is 1. The van der Waals surface area contributed by atoms with Gasteiger partial charge in [0.25, 0.3) is 0 Å². The van der Waals surface area contributed by atoms with Crippen LogP contribution in [0.5, 0.6) is 0 Å². The van der Waals surface area contributed by atoms with E-state index in [1.165, 1.54) is 22.0 Å². The first-order valence-electron chi connectivity index (χ1n) is 10.4. The molecule has 1 aromatic carbocycles. The van der Waals surface area contributed by atoms with E-state index in [-0.39, 0.29) is 30.3 Å². The van der Waals surface area contributed by atoms with Gasteiger partial charge in [-0.1, -0.05) is 12.1 Å². The van der Waals surface area contributed by atoms with Crippen molar-refractivity contribution in [2.24, 2.45) is 13.0 Å². The zero-order valence-electron chi connectivity index (χ0n) is 18.1. The van der Waals surface area contributed by atoms with Gasteiger partial charge < -0.3 is 14.0 Å². The topological polar surface area (TPSA) is 56.6 Å². The minimum atomic E-state index is -0.410. The first-order valence-corrected chi connectivity index (χ1v) is 10.4. The normalized spacial score (nSPS) is 25.0. The van der Waals surface area contributed by atoms with Crippen LogP contribution in [0.4, 0.5) is 0 Å². The number of halogens is 1. The quantitative estimate of drug-likeness (QED) is 0.579. The van der Waals surface area contributed by atoms with E-state index in [4.69, 9.17) is 9.47 Å². The third-order valence-electron chi connectivity index (χ3n) is 6.88. The lowest BCUT2D eigenvalue weighted by Gasteiger charge is -2.53. The first-order chi connectivity index (χ1) is 14.5. The minimum absolute atomic E-state index is 0. The van der Waals surface area contributed by atoms with Gasteiger partial charge in [0.1, 0.15) is 5.60 Å². The Balaban J connectivity index is 0.00000231. The van der Waals surface area contributed by atoms with Crippen molar-refractivity contribution in [1.82, 2.24) is 14.5 Å². The number of methoxy groups -OCH3 is 1. The Morgan fingerprint density at radius 2 is 2.10 bits per heavy atom. The van der Waals surface area contributed by atoms with Crippen molar-refractivity contribution in [3.05, 3.63) is 65.6 Å². The summed E-state index contributed by atoms with van der Waals surface area (Å²) in [6, 6.07) is 10.2. The maximum atomic E-state index is 12.4. The van der Waals surface area contributed by atoms with Crippen LogP contribution in [0.2, 0.25) is 0 Å². The molecule has 5 rings (SSSR count). The van der Waals surface area contributed by atoms with Gasteiger partial charge in [0, 0.05) is 62.2 Å². The average molecular weight is 442 g/mol. The lowest BCUT2D eigenvalue weighted by atomic mass is 9.69. The maximum Gasteiger partial charge on any atom is 0.339 e. The van der Waals surface area contributed by atoms with E-state index in [0.717, 1.165) is 19.4 Å². The molecule has 1 aliphatic carbocycles. The molecule has 6 nitrogen and oxygen atoms in total. The Bertz CT molecular complexity index is 1100. The van der Waals surface area contributed by atoms with Crippen molar-refractivity contribution in [2.75, 3.05) is 27.3 Å². The van der Waals surface area contributed by atoms with Crippen LogP contribution in [-0.2, 0) is 28.5 Å². The van der Waals surface area contributed by atoms with Crippen molar-refractivity contribution in [3.63, 3.8) is 0 Å². The molecule has 0 N–H and O–H groups in total. The molecule has 7 heteroatoms. The van der Waals surface area contributed by atoms with Crippen molar-refractivity contribution in [3.8, 4) is 0 Å². The van der Waals surface area contributed by atoms with Crippen LogP contribution in [-0.4, -0.2) is 53.8 Å². The van der Waals surface area contributed by atoms with Crippen LogP contribution in [0.15, 0.2) is 48.9 Å². The van der Waals surface area contributed by atoms with Crippen LogP contribution >= 0.6 is 12.4 Å². The van der Waals surface area contributed by atoms with Crippen molar-refractivity contribution in [1.29, 1.82) is 0 Å². The third-order valence-corrected chi connectivity index (χ3v) is 6.88. The lowest BCUT2D eigenvalue weighted by molar-refractivity contribution is -0.131. The third kappa shape index (κ3) is 3.43. The standard InChI is InChI=1S/C24H27N3O3.ClH/c1-26-14-18-10-21-24(29-3,19-7-4-8-20(26)22(18)19)11-16(13-27(21)2)15-30-23(28)17-6-5-9-25-12-17;/h4-9,12,14,16,21H,10-11,13,15H2,1-3H3;1H/t16-,21-,24?;/m1./s1. The van der Waals surface area contributed by atoms with Gasteiger partial charge in [-0.15, -0.1) is 12.4 Å². The molecule has 2 aromatic heterocycles. The smallest absolute Gasteiger partial charge is 0.339 e. The number of piperidine rings is 1. The summed E-state index contributed by atoms with van der Waals surface area (Å²) in [6.07, 6.45) is 7.23. The largest absolute Gasteiger partial charge is 0.462 e. The summed E-state index contributed by atoms with van der Waals surface area (Å²) in [5.74, 6) is -0.136. The van der Waals surface area contributed by atoms with E-state index in [0.29, 0.717) is 12.2 Å². The Kier molecular flexibility index (Phi) is 5.81. The number of aromatic nitrogens is 2. The van der Waals surface area contributed by atoms with E-state index < -0.39 is 5.60 Å². The molecular weight excluding hydrogens is 414 g/mol. The van der Waals surface area contributed by atoms with E-state index >= 15 is 0 Å². The van der Waals surface area contributed by atoms with E-state index in [2.05, 4.69) is 52.9 Å². The molecule has 3 atom stereocenters. The molecule has 3 aromatic rings. The van der Waals surface area contributed by atoms with Crippen LogP contribution in [0.25, 0.3) is 10.9 Å². The lowest BCUT2D eigenvalue weighted by Crippen LogP contribution is -2.59. The number of pyridine rings is 1. The molecule has 1 aliphatic heterocycles. The number of carbonyl (C=O) groups excluding carboxylic acids is 1. The SMILES string of the molecule is COC12C[C@@H](COC(=O)c3cccnc3)CN(C)[C@@H]1Cc1cn(C)c3cccc2c13.Cl. The zero-order valence-corrected chi connectivity index (χ0v) is 18.9. The summed E-state index contributed by atoms with van der Waals surface area (Å²) in [6.45, 7) is 1.24. The highest BCUT2D eigenvalue weighted by Gasteiger charge is 2.51. The Morgan fingerprint density at radius 3 is 2.84 bits per heavy atom. The Hall–Kier alpha value is -2.41. The molecule has 0 spiro atoms. The number of esters is 1. The predicted molar refractivity (Wildman–Crippen MR) is 122 cm³/mol. The second kappa shape index (κ2) is 8.26. The molecule has 1 fully saturated rings. The van der Waals surface area contributed by atoms with Crippen LogP contribution in [0.3, 0.4) is 0 Å². The summed E-state index contributed by atoms with van der Waals surface area (Å²) >= 11 is 0. The van der Waals surface area contributed by atoms with Crippen molar-refractivity contribution >= 4 is 29.3 Å². The van der Waals surface area contributed by atoms with E-state index in [9.17, 15) is 4.79 Å². The fourth-order valence-corrected chi connectivity index (χ4v) is 5.59. The molecule has 0 saturated carbocycles. The molecule has 0 bridgehead atoms. The van der Waals surface area contributed by atoms with Gasteiger partial charge in [-0.3, -0.25) is 9.88 Å². The molecule has 3 heterocycles. The second-order valence-corrected chi connectivity index (χ2v) is 8.63. The molecule has 164 valence electrons. The summed E-state index contributed by atoms with van der Waals surface area (Å²) in [5, 5.41) is 1.32. The van der Waals surface area contributed by atoms with E-state index in [1.54, 1.807) is 24.5 Å². The molecule has 0 amide bonds.